The first kappa shape index (κ1) is 27.0. The van der Waals surface area contributed by atoms with Gasteiger partial charge in [-0.25, -0.2) is 27.8 Å². The lowest BCUT2D eigenvalue weighted by molar-refractivity contribution is -0.0498. The van der Waals surface area contributed by atoms with Crippen LogP contribution in [0, 0.1) is 5.82 Å². The molecule has 0 saturated carbocycles. The van der Waals surface area contributed by atoms with Gasteiger partial charge in [-0.3, -0.25) is 0 Å². The lowest BCUT2D eigenvalue weighted by atomic mass is 9.95. The first-order chi connectivity index (χ1) is 18.5. The number of rotatable bonds is 4. The Labute approximate surface area is 221 Å². The Balaban J connectivity index is 0.000000261. The number of halogens is 3. The lowest BCUT2D eigenvalue weighted by Crippen LogP contribution is -2.38. The number of imidazole rings is 1. The van der Waals surface area contributed by atoms with E-state index in [0.717, 1.165) is 5.69 Å². The molecule has 1 aliphatic heterocycles. The van der Waals surface area contributed by atoms with Gasteiger partial charge in [0.15, 0.2) is 15.7 Å². The number of pyridine rings is 1. The van der Waals surface area contributed by atoms with Crippen molar-refractivity contribution >= 4 is 15.5 Å². The van der Waals surface area contributed by atoms with Crippen molar-refractivity contribution in [1.29, 1.82) is 0 Å². The average molecular weight is 563 g/mol. The summed E-state index contributed by atoms with van der Waals surface area (Å²) in [7, 11) is -3.13. The molecule has 4 aromatic rings. The van der Waals surface area contributed by atoms with E-state index in [-0.39, 0.29) is 41.5 Å². The molecule has 4 heterocycles. The van der Waals surface area contributed by atoms with Crippen LogP contribution in [0.2, 0.25) is 0 Å². The summed E-state index contributed by atoms with van der Waals surface area (Å²) in [5.74, 6) is -0.383. The molecule has 1 fully saturated rings. The number of ether oxygens (including phenoxy) is 1. The number of alkyl halides is 2. The second-order valence-electron chi connectivity index (χ2n) is 9.43. The monoisotopic (exact) mass is 562 g/mol. The lowest BCUT2D eigenvalue weighted by Gasteiger charge is -2.30. The highest BCUT2D eigenvalue weighted by molar-refractivity contribution is 7.91. The number of hydrogen-bond acceptors (Lipinski definition) is 8. The van der Waals surface area contributed by atoms with Gasteiger partial charge in [-0.1, -0.05) is 18.2 Å². The molecule has 0 radical (unpaired) electrons. The third kappa shape index (κ3) is 5.75. The molecule has 1 saturated heterocycles. The fraction of sp³-hybridized carbons (Fsp3) is 0.346. The van der Waals surface area contributed by atoms with Gasteiger partial charge in [0, 0.05) is 41.5 Å². The zero-order valence-corrected chi connectivity index (χ0v) is 21.4. The van der Waals surface area contributed by atoms with Crippen LogP contribution in [0.15, 0.2) is 55.0 Å². The van der Waals surface area contributed by atoms with Gasteiger partial charge < -0.3 is 19.4 Å². The summed E-state index contributed by atoms with van der Waals surface area (Å²) in [6.07, 6.45) is 5.19. The smallest absolute Gasteiger partial charge is 0.387 e. The highest BCUT2D eigenvalue weighted by atomic mass is 32.2. The van der Waals surface area contributed by atoms with E-state index in [4.69, 9.17) is 0 Å². The Hall–Kier alpha value is -3.55. The van der Waals surface area contributed by atoms with Gasteiger partial charge in [0.1, 0.15) is 22.8 Å². The minimum atomic E-state index is -3.13. The quantitative estimate of drug-likeness (QED) is 0.387. The van der Waals surface area contributed by atoms with Gasteiger partial charge in [0.25, 0.3) is 0 Å². The van der Waals surface area contributed by atoms with Crippen LogP contribution in [0.3, 0.4) is 0 Å². The van der Waals surface area contributed by atoms with E-state index in [9.17, 15) is 31.8 Å². The average Bonchev–Trinajstić information content (AvgIpc) is 3.45. The molecule has 39 heavy (non-hydrogen) atoms. The molecule has 9 nitrogen and oxygen atoms in total. The third-order valence-electron chi connectivity index (χ3n) is 6.81. The van der Waals surface area contributed by atoms with E-state index < -0.39 is 34.0 Å². The largest absolute Gasteiger partial charge is 0.435 e. The van der Waals surface area contributed by atoms with Gasteiger partial charge >= 0.3 is 6.61 Å². The van der Waals surface area contributed by atoms with Crippen molar-refractivity contribution in [2.75, 3.05) is 11.5 Å². The van der Waals surface area contributed by atoms with Crippen LogP contribution in [0.25, 0.3) is 16.8 Å². The maximum Gasteiger partial charge on any atom is 0.387 e. The maximum absolute atomic E-state index is 14.7. The van der Waals surface area contributed by atoms with Crippen LogP contribution in [-0.2, 0) is 21.9 Å². The second kappa shape index (κ2) is 10.5. The van der Waals surface area contributed by atoms with Gasteiger partial charge in [-0.15, -0.1) is 0 Å². The molecule has 0 unspecified atom stereocenters. The Morgan fingerprint density at radius 1 is 1.10 bits per heavy atom. The van der Waals surface area contributed by atoms with E-state index >= 15 is 0 Å². The number of nitrogens with zero attached hydrogens (tertiary/aromatic N) is 4. The summed E-state index contributed by atoms with van der Waals surface area (Å²) < 4.78 is 66.8. The van der Waals surface area contributed by atoms with Gasteiger partial charge in [0.05, 0.1) is 23.3 Å². The van der Waals surface area contributed by atoms with E-state index in [0.29, 0.717) is 29.7 Å². The van der Waals surface area contributed by atoms with Crippen LogP contribution in [0.4, 0.5) is 13.2 Å². The number of aliphatic hydroxyl groups is 2. The van der Waals surface area contributed by atoms with Crippen LogP contribution >= 0.6 is 0 Å². The number of sulfone groups is 1. The molecule has 1 atom stereocenters. The Morgan fingerprint density at radius 3 is 2.41 bits per heavy atom. The van der Waals surface area contributed by atoms with Gasteiger partial charge in [0.2, 0.25) is 0 Å². The zero-order chi connectivity index (χ0) is 27.8. The molecule has 0 spiro atoms. The Bertz CT molecular complexity index is 1570. The molecule has 1 aliphatic carbocycles. The van der Waals surface area contributed by atoms with Crippen molar-refractivity contribution in [3.8, 4) is 16.9 Å². The van der Waals surface area contributed by atoms with Gasteiger partial charge in [-0.2, -0.15) is 8.78 Å². The van der Waals surface area contributed by atoms with Crippen LogP contribution in [0.1, 0.15) is 42.6 Å². The van der Waals surface area contributed by atoms with Crippen molar-refractivity contribution in [2.45, 2.75) is 44.0 Å². The Kier molecular flexibility index (Phi) is 7.31. The molecule has 2 N–H and O–H groups in total. The van der Waals surface area contributed by atoms with Crippen molar-refractivity contribution in [1.82, 2.24) is 19.4 Å². The SMILES string of the molecule is FC(F)Oc1ccccc1.O=S1(=O)CCC(O)(c2ncc(-c3cn4c5c(nc4cc3F)[C@H](O)CC5)cn2)CC1. The summed E-state index contributed by atoms with van der Waals surface area (Å²) in [4.78, 5) is 12.7. The Morgan fingerprint density at radius 2 is 1.77 bits per heavy atom. The second-order valence-corrected chi connectivity index (χ2v) is 11.7. The highest BCUT2D eigenvalue weighted by Crippen LogP contribution is 2.34. The van der Waals surface area contributed by atoms with Crippen molar-refractivity contribution in [3.05, 3.63) is 78.0 Å². The predicted molar refractivity (Wildman–Crippen MR) is 134 cm³/mol. The first-order valence-corrected chi connectivity index (χ1v) is 14.0. The molecule has 0 bridgehead atoms. The maximum atomic E-state index is 14.7. The van der Waals surface area contributed by atoms with E-state index in [1.165, 1.54) is 30.6 Å². The van der Waals surface area contributed by atoms with Crippen molar-refractivity contribution in [3.63, 3.8) is 0 Å². The van der Waals surface area contributed by atoms with Crippen LogP contribution < -0.4 is 4.74 Å². The summed E-state index contributed by atoms with van der Waals surface area (Å²) in [5, 5.41) is 20.7. The number of aromatic nitrogens is 4. The normalized spacial score (nSPS) is 19.4. The summed E-state index contributed by atoms with van der Waals surface area (Å²) in [6.45, 7) is -2.73. The minimum absolute atomic E-state index is 0.0402. The molecule has 2 aliphatic rings. The number of fused-ring (bicyclic) bond motifs is 3. The summed E-state index contributed by atoms with van der Waals surface area (Å²) in [5.41, 5.74) is 1.20. The number of para-hydroxylation sites is 1. The molecule has 13 heteroatoms. The topological polar surface area (TPSA) is 127 Å². The highest BCUT2D eigenvalue weighted by Gasteiger charge is 2.39. The summed E-state index contributed by atoms with van der Waals surface area (Å²) in [6, 6.07) is 9.28. The zero-order valence-electron chi connectivity index (χ0n) is 20.5. The van der Waals surface area contributed by atoms with E-state index in [1.54, 1.807) is 28.8 Å². The van der Waals surface area contributed by atoms with Crippen molar-refractivity contribution < 1.29 is 36.5 Å². The minimum Gasteiger partial charge on any atom is -0.435 e. The number of benzene rings is 1. The first-order valence-electron chi connectivity index (χ1n) is 12.2. The van der Waals surface area contributed by atoms with Crippen LogP contribution in [0.5, 0.6) is 5.75 Å². The molecular formula is C26H25F3N4O5S. The van der Waals surface area contributed by atoms with E-state index in [2.05, 4.69) is 19.7 Å². The van der Waals surface area contributed by atoms with E-state index in [1.807, 2.05) is 0 Å². The van der Waals surface area contributed by atoms with Crippen molar-refractivity contribution in [2.24, 2.45) is 0 Å². The third-order valence-corrected chi connectivity index (χ3v) is 8.46. The molecule has 1 aromatic carbocycles. The number of aliphatic hydroxyl groups excluding tert-OH is 1. The standard InChI is InChI=1S/C19H19FN4O4S.C7H6F2O/c20-13-7-16-23-17-14(1-2-15(17)25)24(16)10-12(13)11-8-21-18(22-9-11)19(26)3-5-29(27,28)6-4-19;8-7(9)10-6-4-2-1-3-5-6/h7-10,15,25-26H,1-6H2;1-5,7H/t15-;/m1./s1. The molecular weight excluding hydrogens is 537 g/mol. The molecule has 6 rings (SSSR count). The van der Waals surface area contributed by atoms with Gasteiger partial charge in [-0.05, 0) is 37.8 Å². The van der Waals surface area contributed by atoms with Crippen LogP contribution in [-0.4, -0.2) is 56.1 Å². The summed E-state index contributed by atoms with van der Waals surface area (Å²) >= 11 is 0. The number of aryl methyl sites for hydroxylation is 1. The molecule has 0 amide bonds. The fourth-order valence-corrected chi connectivity index (χ4v) is 6.18. The fourth-order valence-electron chi connectivity index (χ4n) is 4.68. The molecule has 206 valence electrons. The number of hydrogen-bond donors (Lipinski definition) is 2. The predicted octanol–water partition coefficient (Wildman–Crippen LogP) is 3.59. The molecule has 3 aromatic heterocycles.